The van der Waals surface area contributed by atoms with Crippen LogP contribution < -0.4 is 0 Å². The Morgan fingerprint density at radius 2 is 1.67 bits per heavy atom. The summed E-state index contributed by atoms with van der Waals surface area (Å²) in [7, 11) is -7.69. The van der Waals surface area contributed by atoms with Gasteiger partial charge in [-0.3, -0.25) is 13.7 Å². The lowest BCUT2D eigenvalue weighted by Gasteiger charge is -2.36. The molecule has 1 heterocycles. The highest BCUT2D eigenvalue weighted by molar-refractivity contribution is 7.58. The summed E-state index contributed by atoms with van der Waals surface area (Å²) in [5.41, 5.74) is 0.816. The zero-order valence-electron chi connectivity index (χ0n) is 15.1. The summed E-state index contributed by atoms with van der Waals surface area (Å²) in [5.74, 6) is -0.875. The predicted octanol–water partition coefficient (Wildman–Crippen LogP) is 5.09. The van der Waals surface area contributed by atoms with Crippen molar-refractivity contribution in [2.75, 3.05) is 7.11 Å². The molecule has 1 saturated heterocycles. The molecule has 0 aliphatic carbocycles. The van der Waals surface area contributed by atoms with Gasteiger partial charge in [-0.2, -0.15) is 0 Å². The highest BCUT2D eigenvalue weighted by atomic mass is 35.5. The largest absolute Gasteiger partial charge is 0.362 e. The van der Waals surface area contributed by atoms with Crippen molar-refractivity contribution < 1.29 is 28.0 Å². The van der Waals surface area contributed by atoms with Crippen LogP contribution in [0.1, 0.15) is 25.0 Å². The minimum absolute atomic E-state index is 0.251. The fourth-order valence-electron chi connectivity index (χ4n) is 3.85. The van der Waals surface area contributed by atoms with Crippen molar-refractivity contribution in [2.24, 2.45) is 5.92 Å². The third-order valence-electron chi connectivity index (χ3n) is 5.55. The molecule has 27 heavy (non-hydrogen) atoms. The van der Waals surface area contributed by atoms with Crippen LogP contribution in [0.15, 0.2) is 54.6 Å². The summed E-state index contributed by atoms with van der Waals surface area (Å²) in [6, 6.07) is 14.8. The molecule has 0 amide bonds. The van der Waals surface area contributed by atoms with E-state index in [1.807, 2.05) is 0 Å². The number of halogens is 1. The first-order valence-corrected chi connectivity index (χ1v) is 11.8. The molecule has 4 atom stereocenters. The Labute approximate surface area is 163 Å². The van der Waals surface area contributed by atoms with Gasteiger partial charge in [0.2, 0.25) is 5.34 Å². The minimum Gasteiger partial charge on any atom is -0.322 e. The van der Waals surface area contributed by atoms with Crippen LogP contribution in [0.4, 0.5) is 0 Å². The van der Waals surface area contributed by atoms with Crippen molar-refractivity contribution >= 4 is 26.8 Å². The third-order valence-corrected chi connectivity index (χ3v) is 10.3. The molecule has 3 rings (SSSR count). The number of hydrogen-bond donors (Lipinski definition) is 2. The Morgan fingerprint density at radius 3 is 2.15 bits per heavy atom. The van der Waals surface area contributed by atoms with Crippen LogP contribution in [-0.2, 0) is 28.7 Å². The SMILES string of the molecule is COP1(=O)OC(c2ccccc2)(P(=O)(O)O)C(C)C1(C)c1ccc(Cl)cc1. The molecule has 1 fully saturated rings. The third kappa shape index (κ3) is 2.87. The van der Waals surface area contributed by atoms with Gasteiger partial charge in [-0.1, -0.05) is 61.0 Å². The van der Waals surface area contributed by atoms with E-state index >= 15 is 0 Å². The Hall–Kier alpha value is -0.970. The molecule has 0 saturated carbocycles. The predicted molar refractivity (Wildman–Crippen MR) is 104 cm³/mol. The summed E-state index contributed by atoms with van der Waals surface area (Å²) in [6.07, 6.45) is 0. The summed E-state index contributed by atoms with van der Waals surface area (Å²) in [5, 5.41) is -2.91. The van der Waals surface area contributed by atoms with Crippen molar-refractivity contribution in [1.29, 1.82) is 0 Å². The second kappa shape index (κ2) is 6.82. The Kier molecular flexibility index (Phi) is 5.24. The van der Waals surface area contributed by atoms with Crippen molar-refractivity contribution in [3.63, 3.8) is 0 Å². The number of benzene rings is 2. The smallest absolute Gasteiger partial charge is 0.322 e. The lowest BCUT2D eigenvalue weighted by atomic mass is 9.81. The van der Waals surface area contributed by atoms with E-state index in [0.717, 1.165) is 0 Å². The van der Waals surface area contributed by atoms with Crippen LogP contribution in [0.3, 0.4) is 0 Å². The van der Waals surface area contributed by atoms with Crippen molar-refractivity contribution in [3.05, 3.63) is 70.7 Å². The number of hydrogen-bond acceptors (Lipinski definition) is 4. The summed E-state index contributed by atoms with van der Waals surface area (Å²) in [4.78, 5) is 20.7. The molecule has 1 aliphatic rings. The molecule has 2 aromatic rings. The fourth-order valence-corrected chi connectivity index (χ4v) is 8.47. The highest BCUT2D eigenvalue weighted by Crippen LogP contribution is 2.84. The van der Waals surface area contributed by atoms with E-state index in [1.54, 1.807) is 68.4 Å². The second-order valence-electron chi connectivity index (χ2n) is 6.75. The van der Waals surface area contributed by atoms with E-state index in [9.17, 15) is 18.9 Å². The first kappa shape index (κ1) is 20.8. The summed E-state index contributed by atoms with van der Waals surface area (Å²) < 4.78 is 37.5. The van der Waals surface area contributed by atoms with Gasteiger partial charge in [-0.05, 0) is 30.2 Å². The Morgan fingerprint density at radius 1 is 1.11 bits per heavy atom. The van der Waals surface area contributed by atoms with E-state index in [2.05, 4.69) is 0 Å². The normalized spacial score (nSPS) is 33.9. The molecular formula is C18H21ClO6P2. The van der Waals surface area contributed by atoms with Crippen molar-refractivity contribution in [1.82, 2.24) is 0 Å². The second-order valence-corrected chi connectivity index (χ2v) is 11.4. The zero-order valence-corrected chi connectivity index (χ0v) is 17.6. The maximum atomic E-state index is 13.7. The van der Waals surface area contributed by atoms with Crippen LogP contribution in [0.2, 0.25) is 5.02 Å². The molecule has 0 aromatic heterocycles. The van der Waals surface area contributed by atoms with E-state index in [1.165, 1.54) is 7.11 Å². The summed E-state index contributed by atoms with van der Waals surface area (Å²) >= 11 is 5.97. The maximum absolute atomic E-state index is 13.7. The van der Waals surface area contributed by atoms with Crippen molar-refractivity contribution in [3.8, 4) is 0 Å². The van der Waals surface area contributed by atoms with Crippen LogP contribution in [0.5, 0.6) is 0 Å². The summed E-state index contributed by atoms with van der Waals surface area (Å²) in [6.45, 7) is 3.27. The van der Waals surface area contributed by atoms with Gasteiger partial charge >= 0.3 is 15.2 Å². The lowest BCUT2D eigenvalue weighted by molar-refractivity contribution is 0.0829. The Balaban J connectivity index is 2.33. The van der Waals surface area contributed by atoms with E-state index in [4.69, 9.17) is 20.6 Å². The average molecular weight is 431 g/mol. The fraction of sp³-hybridized carbons (Fsp3) is 0.333. The van der Waals surface area contributed by atoms with Gasteiger partial charge < -0.3 is 14.3 Å². The molecule has 4 unspecified atom stereocenters. The van der Waals surface area contributed by atoms with Crippen LogP contribution >= 0.6 is 26.8 Å². The Bertz CT molecular complexity index is 929. The topological polar surface area (TPSA) is 93.1 Å². The van der Waals surface area contributed by atoms with Gasteiger partial charge in [0, 0.05) is 18.1 Å². The van der Waals surface area contributed by atoms with Gasteiger partial charge in [-0.15, -0.1) is 0 Å². The van der Waals surface area contributed by atoms with Gasteiger partial charge in [0.1, 0.15) is 5.16 Å². The molecule has 6 nitrogen and oxygen atoms in total. The van der Waals surface area contributed by atoms with Gasteiger partial charge in [0.05, 0.1) is 0 Å². The standard InChI is InChI=1S/C18H21ClO6P2/c1-13-17(2,14-9-11-16(19)12-10-14)27(23,24-3)25-18(13,26(20,21)22)15-7-5-4-6-8-15/h4-13H,1-3H3,(H2,20,21,22). The molecule has 0 spiro atoms. The maximum Gasteiger partial charge on any atom is 0.362 e. The first-order valence-electron chi connectivity index (χ1n) is 8.27. The average Bonchev–Trinajstić information content (AvgIpc) is 2.83. The molecule has 2 N–H and O–H groups in total. The first-order chi connectivity index (χ1) is 12.5. The van der Waals surface area contributed by atoms with Crippen LogP contribution in [-0.4, -0.2) is 16.9 Å². The molecular weight excluding hydrogens is 410 g/mol. The quantitative estimate of drug-likeness (QED) is 0.656. The molecule has 2 aromatic carbocycles. The lowest BCUT2D eigenvalue weighted by Crippen LogP contribution is -2.37. The molecule has 0 bridgehead atoms. The van der Waals surface area contributed by atoms with E-state index in [-0.39, 0.29) is 5.56 Å². The molecule has 0 radical (unpaired) electrons. The monoisotopic (exact) mass is 430 g/mol. The van der Waals surface area contributed by atoms with E-state index in [0.29, 0.717) is 10.6 Å². The highest BCUT2D eigenvalue weighted by Gasteiger charge is 2.74. The van der Waals surface area contributed by atoms with Crippen LogP contribution in [0, 0.1) is 5.92 Å². The van der Waals surface area contributed by atoms with Gasteiger partial charge in [-0.25, -0.2) is 0 Å². The number of rotatable bonds is 4. The van der Waals surface area contributed by atoms with Gasteiger partial charge in [0.25, 0.3) is 0 Å². The molecule has 146 valence electrons. The van der Waals surface area contributed by atoms with Crippen molar-refractivity contribution in [2.45, 2.75) is 24.3 Å². The zero-order chi connectivity index (χ0) is 20.1. The minimum atomic E-state index is -4.93. The molecule has 1 aliphatic heterocycles. The van der Waals surface area contributed by atoms with E-state index < -0.39 is 31.6 Å². The molecule has 9 heteroatoms. The van der Waals surface area contributed by atoms with Gasteiger partial charge in [0.15, 0.2) is 0 Å². The van der Waals surface area contributed by atoms with Crippen LogP contribution in [0.25, 0.3) is 0 Å².